The van der Waals surface area contributed by atoms with Crippen LogP contribution in [0.15, 0.2) is 12.2 Å². The van der Waals surface area contributed by atoms with E-state index in [1.54, 1.807) is 0 Å². The Morgan fingerprint density at radius 3 is 2.73 bits per heavy atom. The molecule has 0 spiro atoms. The summed E-state index contributed by atoms with van der Waals surface area (Å²) < 4.78 is 5.54. The van der Waals surface area contributed by atoms with E-state index in [-0.39, 0.29) is 0 Å². The molecule has 1 heteroatoms. The van der Waals surface area contributed by atoms with Gasteiger partial charge in [-0.25, -0.2) is 0 Å². The van der Waals surface area contributed by atoms with Crippen molar-refractivity contribution in [3.05, 3.63) is 12.2 Å². The summed E-state index contributed by atoms with van der Waals surface area (Å²) in [5.74, 6) is 0.653. The monoisotopic (exact) mass is 154 g/mol. The normalized spacial score (nSPS) is 26.6. The maximum atomic E-state index is 5.54. The van der Waals surface area contributed by atoms with Crippen molar-refractivity contribution in [3.63, 3.8) is 0 Å². The van der Waals surface area contributed by atoms with Crippen LogP contribution in [0.2, 0.25) is 0 Å². The van der Waals surface area contributed by atoms with Crippen LogP contribution in [0.25, 0.3) is 0 Å². The molecule has 0 radical (unpaired) electrons. The van der Waals surface area contributed by atoms with Crippen molar-refractivity contribution in [2.24, 2.45) is 5.92 Å². The van der Waals surface area contributed by atoms with E-state index < -0.39 is 0 Å². The molecule has 1 atom stereocenters. The van der Waals surface area contributed by atoms with Crippen LogP contribution >= 0.6 is 0 Å². The van der Waals surface area contributed by atoms with Gasteiger partial charge in [0.1, 0.15) is 0 Å². The first-order valence-electron chi connectivity index (χ1n) is 4.59. The minimum Gasteiger partial charge on any atom is -0.374 e. The molecule has 0 aromatic rings. The average Bonchev–Trinajstić information content (AvgIpc) is 2.03. The molecule has 64 valence electrons. The molecule has 0 amide bonds. The lowest BCUT2D eigenvalue weighted by Gasteiger charge is -2.19. The molecule has 0 bridgehead atoms. The van der Waals surface area contributed by atoms with Crippen molar-refractivity contribution in [1.82, 2.24) is 0 Å². The molecular formula is C10H18O. The third-order valence-electron chi connectivity index (χ3n) is 1.93. The fraction of sp³-hybridized carbons (Fsp3) is 0.800. The van der Waals surface area contributed by atoms with Crippen molar-refractivity contribution in [1.29, 1.82) is 0 Å². The van der Waals surface area contributed by atoms with E-state index in [1.807, 2.05) is 0 Å². The van der Waals surface area contributed by atoms with Gasteiger partial charge >= 0.3 is 0 Å². The largest absolute Gasteiger partial charge is 0.374 e. The van der Waals surface area contributed by atoms with Gasteiger partial charge in [-0.15, -0.1) is 0 Å². The summed E-state index contributed by atoms with van der Waals surface area (Å²) in [7, 11) is 0. The molecule has 0 aliphatic carbocycles. The Bertz CT molecular complexity index is 121. The molecule has 1 nitrogen and oxygen atoms in total. The molecule has 1 fully saturated rings. The van der Waals surface area contributed by atoms with Crippen LogP contribution < -0.4 is 0 Å². The number of hydrogen-bond donors (Lipinski definition) is 0. The van der Waals surface area contributed by atoms with Crippen LogP contribution in [0.5, 0.6) is 0 Å². The smallest absolute Gasteiger partial charge is 0.0755 e. The van der Waals surface area contributed by atoms with Crippen molar-refractivity contribution >= 4 is 0 Å². The zero-order valence-electron chi connectivity index (χ0n) is 7.55. The van der Waals surface area contributed by atoms with Gasteiger partial charge in [-0.1, -0.05) is 26.0 Å². The van der Waals surface area contributed by atoms with Gasteiger partial charge in [0.2, 0.25) is 0 Å². The van der Waals surface area contributed by atoms with Crippen LogP contribution in [0.3, 0.4) is 0 Å². The van der Waals surface area contributed by atoms with Gasteiger partial charge < -0.3 is 4.74 Å². The van der Waals surface area contributed by atoms with E-state index in [0.717, 1.165) is 6.61 Å². The zero-order chi connectivity index (χ0) is 8.10. The highest BCUT2D eigenvalue weighted by Crippen LogP contribution is 2.14. The van der Waals surface area contributed by atoms with Crippen LogP contribution in [0.1, 0.15) is 33.1 Å². The Morgan fingerprint density at radius 1 is 1.36 bits per heavy atom. The van der Waals surface area contributed by atoms with Crippen LogP contribution in [-0.2, 0) is 4.74 Å². The molecule has 11 heavy (non-hydrogen) atoms. The highest BCUT2D eigenvalue weighted by atomic mass is 16.5. The fourth-order valence-corrected chi connectivity index (χ4v) is 1.26. The van der Waals surface area contributed by atoms with Gasteiger partial charge in [-0.2, -0.15) is 0 Å². The van der Waals surface area contributed by atoms with Gasteiger partial charge in [-0.05, 0) is 25.2 Å². The van der Waals surface area contributed by atoms with Crippen molar-refractivity contribution in [2.45, 2.75) is 39.2 Å². The molecular weight excluding hydrogens is 136 g/mol. The molecule has 1 aliphatic rings. The summed E-state index contributed by atoms with van der Waals surface area (Å²) in [6.07, 6.45) is 8.63. The van der Waals surface area contributed by atoms with E-state index in [4.69, 9.17) is 4.74 Å². The molecule has 0 aromatic heterocycles. The van der Waals surface area contributed by atoms with Crippen LogP contribution in [0.4, 0.5) is 0 Å². The summed E-state index contributed by atoms with van der Waals surface area (Å²) in [6.45, 7) is 5.34. The van der Waals surface area contributed by atoms with Crippen LogP contribution in [0, 0.1) is 5.92 Å². The molecule has 1 heterocycles. The van der Waals surface area contributed by atoms with Crippen molar-refractivity contribution in [2.75, 3.05) is 6.61 Å². The second-order valence-corrected chi connectivity index (χ2v) is 3.53. The highest BCUT2D eigenvalue weighted by molar-refractivity contribution is 4.92. The molecule has 1 rings (SSSR count). The van der Waals surface area contributed by atoms with E-state index in [1.165, 1.54) is 19.3 Å². The SMILES string of the molecule is CC(C)/C=C\C1CCCCO1. The Labute approximate surface area is 69.4 Å². The molecule has 0 saturated carbocycles. The second kappa shape index (κ2) is 4.55. The molecule has 1 unspecified atom stereocenters. The van der Waals surface area contributed by atoms with E-state index in [0.29, 0.717) is 12.0 Å². The van der Waals surface area contributed by atoms with E-state index in [2.05, 4.69) is 26.0 Å². The first-order chi connectivity index (χ1) is 5.29. The quantitative estimate of drug-likeness (QED) is 0.556. The minimum absolute atomic E-state index is 0.408. The summed E-state index contributed by atoms with van der Waals surface area (Å²) in [4.78, 5) is 0. The zero-order valence-corrected chi connectivity index (χ0v) is 7.55. The first kappa shape index (κ1) is 8.79. The van der Waals surface area contributed by atoms with Gasteiger partial charge in [0.05, 0.1) is 6.10 Å². The molecule has 1 saturated heterocycles. The lowest BCUT2D eigenvalue weighted by atomic mass is 10.1. The third-order valence-corrected chi connectivity index (χ3v) is 1.93. The Balaban J connectivity index is 2.23. The summed E-state index contributed by atoms with van der Waals surface area (Å²) in [5, 5.41) is 0. The number of allylic oxidation sites excluding steroid dienone is 1. The lowest BCUT2D eigenvalue weighted by molar-refractivity contribution is 0.0463. The molecule has 0 N–H and O–H groups in total. The Kier molecular flexibility index (Phi) is 3.64. The van der Waals surface area contributed by atoms with Gasteiger partial charge in [0.25, 0.3) is 0 Å². The maximum absolute atomic E-state index is 5.54. The predicted molar refractivity (Wildman–Crippen MR) is 47.6 cm³/mol. The average molecular weight is 154 g/mol. The number of hydrogen-bond acceptors (Lipinski definition) is 1. The minimum atomic E-state index is 0.408. The molecule has 0 aromatic carbocycles. The fourth-order valence-electron chi connectivity index (χ4n) is 1.26. The van der Waals surface area contributed by atoms with E-state index >= 15 is 0 Å². The number of ether oxygens (including phenoxy) is 1. The first-order valence-corrected chi connectivity index (χ1v) is 4.59. The summed E-state index contributed by atoms with van der Waals surface area (Å²) in [5.41, 5.74) is 0. The van der Waals surface area contributed by atoms with Crippen molar-refractivity contribution in [3.8, 4) is 0 Å². The lowest BCUT2D eigenvalue weighted by Crippen LogP contribution is -2.16. The van der Waals surface area contributed by atoms with Crippen molar-refractivity contribution < 1.29 is 4.74 Å². The predicted octanol–water partition coefficient (Wildman–Crippen LogP) is 2.77. The molecule has 1 aliphatic heterocycles. The topological polar surface area (TPSA) is 9.23 Å². The van der Waals surface area contributed by atoms with Gasteiger partial charge in [0.15, 0.2) is 0 Å². The van der Waals surface area contributed by atoms with Gasteiger partial charge in [-0.3, -0.25) is 0 Å². The summed E-state index contributed by atoms with van der Waals surface area (Å²) >= 11 is 0. The Morgan fingerprint density at radius 2 is 2.18 bits per heavy atom. The summed E-state index contributed by atoms with van der Waals surface area (Å²) in [6, 6.07) is 0. The van der Waals surface area contributed by atoms with Gasteiger partial charge in [0, 0.05) is 6.61 Å². The maximum Gasteiger partial charge on any atom is 0.0755 e. The highest BCUT2D eigenvalue weighted by Gasteiger charge is 2.09. The Hall–Kier alpha value is -0.300. The second-order valence-electron chi connectivity index (χ2n) is 3.53. The standard InChI is InChI=1S/C10H18O/c1-9(2)6-7-10-5-3-4-8-11-10/h6-7,9-10H,3-5,8H2,1-2H3/b7-6-. The number of rotatable bonds is 2. The van der Waals surface area contributed by atoms with Crippen LogP contribution in [-0.4, -0.2) is 12.7 Å². The third kappa shape index (κ3) is 3.57. The van der Waals surface area contributed by atoms with E-state index in [9.17, 15) is 0 Å².